The van der Waals surface area contributed by atoms with Crippen molar-refractivity contribution in [3.63, 3.8) is 0 Å². The normalized spacial score (nSPS) is 19.2. The Labute approximate surface area is 106 Å². The summed E-state index contributed by atoms with van der Waals surface area (Å²) in [6, 6.07) is 3.93. The second-order valence-corrected chi connectivity index (χ2v) is 4.56. The smallest absolute Gasteiger partial charge is 0.269 e. The standard InChI is InChI=1S/C12H19N5O/c13-7-1-3-9-4-2-8-17(9)11-6-5-10(12(14)18)15-16-11/h5-6,9H,1-4,7-8,13H2,(H2,14,18). The molecule has 4 N–H and O–H groups in total. The minimum absolute atomic E-state index is 0.205. The van der Waals surface area contributed by atoms with Crippen LogP contribution in [0.1, 0.15) is 36.2 Å². The Kier molecular flexibility index (Phi) is 4.09. The molecule has 0 spiro atoms. The Morgan fingerprint density at radius 3 is 2.89 bits per heavy atom. The van der Waals surface area contributed by atoms with E-state index in [1.165, 1.54) is 6.42 Å². The Morgan fingerprint density at radius 2 is 2.28 bits per heavy atom. The number of hydrogen-bond donors (Lipinski definition) is 2. The fraction of sp³-hybridized carbons (Fsp3) is 0.583. The van der Waals surface area contributed by atoms with Crippen LogP contribution in [-0.4, -0.2) is 35.2 Å². The molecule has 1 amide bonds. The molecule has 2 heterocycles. The van der Waals surface area contributed by atoms with Gasteiger partial charge in [0.2, 0.25) is 0 Å². The van der Waals surface area contributed by atoms with Gasteiger partial charge in [-0.25, -0.2) is 0 Å². The number of carbonyl (C=O) groups is 1. The molecule has 1 atom stereocenters. The minimum atomic E-state index is -0.546. The average molecular weight is 249 g/mol. The van der Waals surface area contributed by atoms with Gasteiger partial charge >= 0.3 is 0 Å². The predicted molar refractivity (Wildman–Crippen MR) is 69.2 cm³/mol. The molecule has 0 aromatic carbocycles. The quantitative estimate of drug-likeness (QED) is 0.781. The molecule has 0 bridgehead atoms. The third-order valence-corrected chi connectivity index (χ3v) is 3.32. The number of anilines is 1. The van der Waals surface area contributed by atoms with Crippen LogP contribution in [-0.2, 0) is 0 Å². The Balaban J connectivity index is 2.07. The van der Waals surface area contributed by atoms with Crippen LogP contribution in [0, 0.1) is 0 Å². The monoisotopic (exact) mass is 249 g/mol. The molecule has 18 heavy (non-hydrogen) atoms. The van der Waals surface area contributed by atoms with E-state index in [1.54, 1.807) is 6.07 Å². The Hall–Kier alpha value is -1.69. The van der Waals surface area contributed by atoms with E-state index in [-0.39, 0.29) is 5.69 Å². The van der Waals surface area contributed by atoms with Crippen molar-refractivity contribution < 1.29 is 4.79 Å². The highest BCUT2D eigenvalue weighted by molar-refractivity contribution is 5.90. The zero-order valence-corrected chi connectivity index (χ0v) is 10.4. The maximum atomic E-state index is 10.9. The lowest BCUT2D eigenvalue weighted by Crippen LogP contribution is -2.30. The summed E-state index contributed by atoms with van der Waals surface area (Å²) < 4.78 is 0. The van der Waals surface area contributed by atoms with E-state index in [2.05, 4.69) is 15.1 Å². The number of amides is 1. The van der Waals surface area contributed by atoms with Crippen molar-refractivity contribution in [1.82, 2.24) is 10.2 Å². The topological polar surface area (TPSA) is 98.1 Å². The van der Waals surface area contributed by atoms with Crippen molar-refractivity contribution in [2.24, 2.45) is 11.5 Å². The van der Waals surface area contributed by atoms with E-state index in [4.69, 9.17) is 11.5 Å². The van der Waals surface area contributed by atoms with Gasteiger partial charge in [-0.2, -0.15) is 0 Å². The molecular formula is C12H19N5O. The van der Waals surface area contributed by atoms with Crippen molar-refractivity contribution >= 4 is 11.7 Å². The van der Waals surface area contributed by atoms with Gasteiger partial charge in [-0.05, 0) is 44.4 Å². The van der Waals surface area contributed by atoms with Crippen LogP contribution in [0.2, 0.25) is 0 Å². The van der Waals surface area contributed by atoms with E-state index in [9.17, 15) is 4.79 Å². The lowest BCUT2D eigenvalue weighted by Gasteiger charge is -2.25. The largest absolute Gasteiger partial charge is 0.364 e. The fourth-order valence-corrected chi connectivity index (χ4v) is 2.40. The molecule has 1 aliphatic heterocycles. The van der Waals surface area contributed by atoms with E-state index in [0.717, 1.165) is 38.2 Å². The van der Waals surface area contributed by atoms with Crippen molar-refractivity contribution in [3.05, 3.63) is 17.8 Å². The third-order valence-electron chi connectivity index (χ3n) is 3.32. The molecule has 1 saturated heterocycles. The fourth-order valence-electron chi connectivity index (χ4n) is 2.40. The van der Waals surface area contributed by atoms with Crippen LogP contribution in [0.3, 0.4) is 0 Å². The lowest BCUT2D eigenvalue weighted by molar-refractivity contribution is 0.0994. The molecule has 1 fully saturated rings. The summed E-state index contributed by atoms with van der Waals surface area (Å²) in [5.41, 5.74) is 10.9. The summed E-state index contributed by atoms with van der Waals surface area (Å²) in [5, 5.41) is 7.93. The van der Waals surface area contributed by atoms with Gasteiger partial charge in [0.25, 0.3) is 5.91 Å². The van der Waals surface area contributed by atoms with Gasteiger partial charge < -0.3 is 16.4 Å². The predicted octanol–water partition coefficient (Wildman–Crippen LogP) is 0.283. The van der Waals surface area contributed by atoms with E-state index in [1.807, 2.05) is 6.07 Å². The molecule has 0 radical (unpaired) electrons. The molecule has 1 unspecified atom stereocenters. The highest BCUT2D eigenvalue weighted by atomic mass is 16.1. The maximum Gasteiger partial charge on any atom is 0.269 e. The molecular weight excluding hydrogens is 230 g/mol. The SMILES string of the molecule is NCCCC1CCCN1c1ccc(C(N)=O)nn1. The summed E-state index contributed by atoms with van der Waals surface area (Å²) in [6.07, 6.45) is 4.43. The number of carbonyl (C=O) groups excluding carboxylic acids is 1. The minimum Gasteiger partial charge on any atom is -0.364 e. The first-order chi connectivity index (χ1) is 8.72. The first-order valence-corrected chi connectivity index (χ1v) is 6.32. The van der Waals surface area contributed by atoms with Gasteiger partial charge in [0.1, 0.15) is 0 Å². The molecule has 1 aromatic rings. The summed E-state index contributed by atoms with van der Waals surface area (Å²) in [4.78, 5) is 13.2. The van der Waals surface area contributed by atoms with Gasteiger partial charge in [-0.15, -0.1) is 10.2 Å². The lowest BCUT2D eigenvalue weighted by atomic mass is 10.1. The number of nitrogens with zero attached hydrogens (tertiary/aromatic N) is 3. The number of hydrogen-bond acceptors (Lipinski definition) is 5. The van der Waals surface area contributed by atoms with Crippen LogP contribution < -0.4 is 16.4 Å². The third kappa shape index (κ3) is 2.76. The molecule has 1 aromatic heterocycles. The molecule has 98 valence electrons. The van der Waals surface area contributed by atoms with E-state index < -0.39 is 5.91 Å². The van der Waals surface area contributed by atoms with Gasteiger partial charge in [-0.3, -0.25) is 4.79 Å². The molecule has 2 rings (SSSR count). The average Bonchev–Trinajstić information content (AvgIpc) is 2.84. The first-order valence-electron chi connectivity index (χ1n) is 6.32. The van der Waals surface area contributed by atoms with Crippen LogP contribution in [0.25, 0.3) is 0 Å². The number of primary amides is 1. The molecule has 1 aliphatic rings. The first kappa shape index (κ1) is 12.8. The molecule has 6 nitrogen and oxygen atoms in total. The Bertz CT molecular complexity index is 405. The van der Waals surface area contributed by atoms with Crippen LogP contribution in [0.4, 0.5) is 5.82 Å². The van der Waals surface area contributed by atoms with Crippen molar-refractivity contribution in [3.8, 4) is 0 Å². The van der Waals surface area contributed by atoms with Crippen LogP contribution in [0.15, 0.2) is 12.1 Å². The van der Waals surface area contributed by atoms with E-state index >= 15 is 0 Å². The number of aromatic nitrogens is 2. The highest BCUT2D eigenvalue weighted by Crippen LogP contribution is 2.25. The van der Waals surface area contributed by atoms with Crippen LogP contribution >= 0.6 is 0 Å². The highest BCUT2D eigenvalue weighted by Gasteiger charge is 2.25. The Morgan fingerprint density at radius 1 is 1.44 bits per heavy atom. The van der Waals surface area contributed by atoms with Crippen molar-refractivity contribution in [1.29, 1.82) is 0 Å². The van der Waals surface area contributed by atoms with E-state index in [0.29, 0.717) is 6.04 Å². The van der Waals surface area contributed by atoms with Crippen molar-refractivity contribution in [2.45, 2.75) is 31.7 Å². The van der Waals surface area contributed by atoms with Gasteiger partial charge in [0.15, 0.2) is 11.5 Å². The molecule has 0 saturated carbocycles. The number of nitrogens with two attached hydrogens (primary N) is 2. The summed E-state index contributed by atoms with van der Waals surface area (Å²) in [5.74, 6) is 0.273. The summed E-state index contributed by atoms with van der Waals surface area (Å²) >= 11 is 0. The summed E-state index contributed by atoms with van der Waals surface area (Å²) in [7, 11) is 0. The van der Waals surface area contributed by atoms with Gasteiger partial charge in [0.05, 0.1) is 0 Å². The zero-order chi connectivity index (χ0) is 13.0. The maximum absolute atomic E-state index is 10.9. The molecule has 0 aliphatic carbocycles. The number of rotatable bonds is 5. The summed E-state index contributed by atoms with van der Waals surface area (Å²) in [6.45, 7) is 1.70. The second-order valence-electron chi connectivity index (χ2n) is 4.56. The van der Waals surface area contributed by atoms with Crippen LogP contribution in [0.5, 0.6) is 0 Å². The zero-order valence-electron chi connectivity index (χ0n) is 10.4. The van der Waals surface area contributed by atoms with Crippen molar-refractivity contribution in [2.75, 3.05) is 18.0 Å². The molecule has 6 heteroatoms. The van der Waals surface area contributed by atoms with Gasteiger partial charge in [0, 0.05) is 12.6 Å². The van der Waals surface area contributed by atoms with Gasteiger partial charge in [-0.1, -0.05) is 0 Å². The second kappa shape index (κ2) is 5.77.